The minimum Gasteiger partial charge on any atom is -0.497 e. The third kappa shape index (κ3) is 3.69. The number of nitrogens with one attached hydrogen (secondary N) is 1. The number of benzene rings is 1. The summed E-state index contributed by atoms with van der Waals surface area (Å²) < 4.78 is 7.36. The van der Waals surface area contributed by atoms with E-state index in [1.54, 1.807) is 7.11 Å². The van der Waals surface area contributed by atoms with Crippen LogP contribution in [-0.2, 0) is 19.5 Å². The summed E-state index contributed by atoms with van der Waals surface area (Å²) in [4.78, 5) is 14.9. The van der Waals surface area contributed by atoms with Gasteiger partial charge in [0.25, 0.3) is 5.91 Å². The molecule has 0 bridgehead atoms. The lowest BCUT2D eigenvalue weighted by molar-refractivity contribution is 0.0924. The summed E-state index contributed by atoms with van der Waals surface area (Å²) in [7, 11) is 1.70. The van der Waals surface area contributed by atoms with E-state index in [1.807, 2.05) is 30.5 Å². The molecule has 1 amide bonds. The van der Waals surface area contributed by atoms with E-state index in [-0.39, 0.29) is 11.9 Å². The summed E-state index contributed by atoms with van der Waals surface area (Å²) in [5, 5.41) is 11.4. The van der Waals surface area contributed by atoms with E-state index in [9.17, 15) is 4.79 Å². The lowest BCUT2D eigenvalue weighted by atomic mass is 9.89. The molecule has 1 aromatic heterocycles. The first kappa shape index (κ1) is 18.0. The quantitative estimate of drug-likeness (QED) is 0.869. The molecule has 0 spiro atoms. The number of hydrogen-bond acceptors (Lipinski definition) is 5. The van der Waals surface area contributed by atoms with E-state index in [2.05, 4.69) is 32.5 Å². The molecule has 4 rings (SSSR count). The zero-order chi connectivity index (χ0) is 19.0. The van der Waals surface area contributed by atoms with Crippen LogP contribution in [0.5, 0.6) is 5.75 Å². The molecule has 7 nitrogen and oxygen atoms in total. The highest BCUT2D eigenvalue weighted by atomic mass is 16.5. The molecule has 0 aliphatic carbocycles. The monoisotopic (exact) mass is 369 g/mol. The van der Waals surface area contributed by atoms with E-state index in [0.717, 1.165) is 44.2 Å². The molecule has 0 radical (unpaired) electrons. The van der Waals surface area contributed by atoms with Gasteiger partial charge in [0.05, 0.1) is 7.11 Å². The van der Waals surface area contributed by atoms with Gasteiger partial charge in [-0.15, -0.1) is 10.2 Å². The Kier molecular flexibility index (Phi) is 4.86. The van der Waals surface area contributed by atoms with Crippen molar-refractivity contribution in [1.82, 2.24) is 25.0 Å². The van der Waals surface area contributed by atoms with Crippen molar-refractivity contribution in [1.29, 1.82) is 0 Å². The molecule has 1 fully saturated rings. The SMILES string of the molecule is COc1cccc(CN2C[C@H]3Cc4nnc(C(=O)NC(C)C)n4C[C@@H]3C2)c1. The van der Waals surface area contributed by atoms with Crippen LogP contribution in [0.15, 0.2) is 24.3 Å². The Hall–Kier alpha value is -2.41. The van der Waals surface area contributed by atoms with Crippen LogP contribution in [-0.4, -0.2) is 51.8 Å². The van der Waals surface area contributed by atoms with Crippen molar-refractivity contribution in [3.05, 3.63) is 41.5 Å². The number of carbonyl (C=O) groups excluding carboxylic acids is 1. The molecule has 0 saturated carbocycles. The van der Waals surface area contributed by atoms with Gasteiger partial charge >= 0.3 is 0 Å². The minimum atomic E-state index is -0.131. The number of aromatic nitrogens is 3. The highest BCUT2D eigenvalue weighted by molar-refractivity contribution is 5.90. The first-order chi connectivity index (χ1) is 13.0. The molecule has 2 aliphatic heterocycles. The number of nitrogens with zero attached hydrogens (tertiary/aromatic N) is 4. The van der Waals surface area contributed by atoms with Crippen LogP contribution >= 0.6 is 0 Å². The van der Waals surface area contributed by atoms with Crippen LogP contribution in [0.1, 0.15) is 35.9 Å². The molecule has 2 aliphatic rings. The fraction of sp³-hybridized carbons (Fsp3) is 0.550. The normalized spacial score (nSPS) is 21.8. The number of amides is 1. The van der Waals surface area contributed by atoms with Crippen molar-refractivity contribution in [2.45, 2.75) is 39.4 Å². The predicted molar refractivity (Wildman–Crippen MR) is 102 cm³/mol. The second kappa shape index (κ2) is 7.31. The number of likely N-dealkylation sites (tertiary alicyclic amines) is 1. The molecule has 3 heterocycles. The van der Waals surface area contributed by atoms with Crippen molar-refractivity contribution >= 4 is 5.91 Å². The Morgan fingerprint density at radius 2 is 2.07 bits per heavy atom. The van der Waals surface area contributed by atoms with Crippen LogP contribution in [0.2, 0.25) is 0 Å². The number of carbonyl (C=O) groups is 1. The molecule has 2 aromatic rings. The zero-order valence-electron chi connectivity index (χ0n) is 16.2. The highest BCUT2D eigenvalue weighted by Gasteiger charge is 2.39. The summed E-state index contributed by atoms with van der Waals surface area (Å²) >= 11 is 0. The van der Waals surface area contributed by atoms with Gasteiger partial charge in [0.15, 0.2) is 0 Å². The van der Waals surface area contributed by atoms with Gasteiger partial charge in [-0.25, -0.2) is 0 Å². The Bertz CT molecular complexity index is 832. The topological polar surface area (TPSA) is 72.3 Å². The molecule has 27 heavy (non-hydrogen) atoms. The van der Waals surface area contributed by atoms with Crippen LogP contribution in [0, 0.1) is 11.8 Å². The minimum absolute atomic E-state index is 0.0895. The van der Waals surface area contributed by atoms with Crippen molar-refractivity contribution in [2.75, 3.05) is 20.2 Å². The smallest absolute Gasteiger partial charge is 0.289 e. The lowest BCUT2D eigenvalue weighted by Crippen LogP contribution is -2.35. The van der Waals surface area contributed by atoms with Gasteiger partial charge in [-0.1, -0.05) is 12.1 Å². The molecule has 0 unspecified atom stereocenters. The first-order valence-corrected chi connectivity index (χ1v) is 9.61. The standard InChI is InChI=1S/C20H27N5O2/c1-13(2)21-20(26)19-23-22-18-8-15-10-24(11-16(15)12-25(18)19)9-14-5-4-6-17(7-14)27-3/h4-7,13,15-16H,8-12H2,1-3H3,(H,21,26)/t15-,16+/m1/s1. The number of ether oxygens (including phenoxy) is 1. The predicted octanol–water partition coefficient (Wildman–Crippen LogP) is 1.73. The van der Waals surface area contributed by atoms with Crippen molar-refractivity contribution in [2.24, 2.45) is 11.8 Å². The number of methoxy groups -OCH3 is 1. The maximum atomic E-state index is 12.4. The second-order valence-electron chi connectivity index (χ2n) is 7.95. The lowest BCUT2D eigenvalue weighted by Gasteiger charge is -2.25. The maximum absolute atomic E-state index is 12.4. The van der Waals surface area contributed by atoms with Crippen LogP contribution in [0.4, 0.5) is 0 Å². The number of fused-ring (bicyclic) bond motifs is 2. The molecule has 1 N–H and O–H groups in total. The summed E-state index contributed by atoms with van der Waals surface area (Å²) in [6.07, 6.45) is 0.890. The van der Waals surface area contributed by atoms with E-state index in [4.69, 9.17) is 4.74 Å². The van der Waals surface area contributed by atoms with Gasteiger partial charge in [0, 0.05) is 38.6 Å². The third-order valence-corrected chi connectivity index (χ3v) is 5.50. The van der Waals surface area contributed by atoms with E-state index < -0.39 is 0 Å². The second-order valence-corrected chi connectivity index (χ2v) is 7.95. The average Bonchev–Trinajstić information content (AvgIpc) is 3.21. The van der Waals surface area contributed by atoms with E-state index in [1.165, 1.54) is 5.56 Å². The third-order valence-electron chi connectivity index (χ3n) is 5.50. The average molecular weight is 369 g/mol. The summed E-state index contributed by atoms with van der Waals surface area (Å²) in [5.41, 5.74) is 1.27. The van der Waals surface area contributed by atoms with Crippen molar-refractivity contribution in [3.8, 4) is 5.75 Å². The van der Waals surface area contributed by atoms with Crippen LogP contribution < -0.4 is 10.1 Å². The molecular formula is C20H27N5O2. The van der Waals surface area contributed by atoms with Gasteiger partial charge in [-0.3, -0.25) is 9.69 Å². The number of hydrogen-bond donors (Lipinski definition) is 1. The van der Waals surface area contributed by atoms with Gasteiger partial charge in [0.2, 0.25) is 5.82 Å². The molecule has 7 heteroatoms. The fourth-order valence-electron chi connectivity index (χ4n) is 4.27. The van der Waals surface area contributed by atoms with Gasteiger partial charge in [-0.2, -0.15) is 0 Å². The zero-order valence-corrected chi connectivity index (χ0v) is 16.2. The van der Waals surface area contributed by atoms with Crippen LogP contribution in [0.25, 0.3) is 0 Å². The van der Waals surface area contributed by atoms with Crippen LogP contribution in [0.3, 0.4) is 0 Å². The van der Waals surface area contributed by atoms with Gasteiger partial charge in [-0.05, 0) is 43.4 Å². The Labute approximate surface area is 159 Å². The molecular weight excluding hydrogens is 342 g/mol. The summed E-state index contributed by atoms with van der Waals surface area (Å²) in [5.74, 6) is 3.26. The summed E-state index contributed by atoms with van der Waals surface area (Å²) in [6, 6.07) is 8.35. The Morgan fingerprint density at radius 3 is 2.85 bits per heavy atom. The van der Waals surface area contributed by atoms with E-state index >= 15 is 0 Å². The highest BCUT2D eigenvalue weighted by Crippen LogP contribution is 2.33. The van der Waals surface area contributed by atoms with Crippen molar-refractivity contribution in [3.63, 3.8) is 0 Å². The van der Waals surface area contributed by atoms with E-state index in [0.29, 0.717) is 17.7 Å². The molecule has 2 atom stereocenters. The molecule has 1 aromatic carbocycles. The van der Waals surface area contributed by atoms with Gasteiger partial charge < -0.3 is 14.6 Å². The Morgan fingerprint density at radius 1 is 1.26 bits per heavy atom. The fourth-order valence-corrected chi connectivity index (χ4v) is 4.27. The molecule has 144 valence electrons. The largest absolute Gasteiger partial charge is 0.497 e. The van der Waals surface area contributed by atoms with Gasteiger partial charge in [0.1, 0.15) is 11.6 Å². The summed E-state index contributed by atoms with van der Waals surface area (Å²) in [6.45, 7) is 7.74. The number of rotatable bonds is 5. The molecule has 1 saturated heterocycles. The van der Waals surface area contributed by atoms with Crippen molar-refractivity contribution < 1.29 is 9.53 Å². The Balaban J connectivity index is 1.44. The first-order valence-electron chi connectivity index (χ1n) is 9.61. The maximum Gasteiger partial charge on any atom is 0.289 e.